The molecule has 0 aliphatic carbocycles. The number of nitrogens with zero attached hydrogens (tertiary/aromatic N) is 3. The SMILES string of the molecule is O=c1ccc(-c2cccnc2)c2n1C[C@H]1C[C@@H]2CN(S(=O)(=O)c2ccccc2)C1. The van der Waals surface area contributed by atoms with E-state index >= 15 is 0 Å². The van der Waals surface area contributed by atoms with Crippen molar-refractivity contribution < 1.29 is 8.42 Å². The molecule has 2 aliphatic rings. The van der Waals surface area contributed by atoms with Crippen LogP contribution in [0.3, 0.4) is 0 Å². The summed E-state index contributed by atoms with van der Waals surface area (Å²) in [6.07, 6.45) is 4.39. The molecule has 1 fully saturated rings. The van der Waals surface area contributed by atoms with Gasteiger partial charge >= 0.3 is 0 Å². The molecule has 0 unspecified atom stereocenters. The molecule has 1 aromatic carbocycles. The predicted octanol–water partition coefficient (Wildman–Crippen LogP) is 2.72. The summed E-state index contributed by atoms with van der Waals surface area (Å²) in [6, 6.07) is 15.9. The molecular weight excluding hydrogens is 386 g/mol. The normalized spacial score (nSPS) is 21.5. The van der Waals surface area contributed by atoms with Crippen LogP contribution in [-0.2, 0) is 16.6 Å². The highest BCUT2D eigenvalue weighted by Gasteiger charge is 2.40. The second-order valence-electron chi connectivity index (χ2n) is 7.76. The summed E-state index contributed by atoms with van der Waals surface area (Å²) in [7, 11) is -3.56. The molecule has 0 amide bonds. The molecule has 0 radical (unpaired) electrons. The summed E-state index contributed by atoms with van der Waals surface area (Å²) >= 11 is 0. The molecule has 2 aliphatic heterocycles. The molecule has 1 saturated heterocycles. The summed E-state index contributed by atoms with van der Waals surface area (Å²) in [5.74, 6) is 0.103. The van der Waals surface area contributed by atoms with Crippen molar-refractivity contribution in [3.8, 4) is 11.1 Å². The van der Waals surface area contributed by atoms with Crippen LogP contribution in [0.5, 0.6) is 0 Å². The summed E-state index contributed by atoms with van der Waals surface area (Å²) < 4.78 is 29.8. The molecule has 0 spiro atoms. The van der Waals surface area contributed by atoms with Gasteiger partial charge in [-0.15, -0.1) is 0 Å². The summed E-state index contributed by atoms with van der Waals surface area (Å²) in [4.78, 5) is 17.1. The Morgan fingerprint density at radius 1 is 0.931 bits per heavy atom. The fourth-order valence-corrected chi connectivity index (χ4v) is 6.26. The van der Waals surface area contributed by atoms with E-state index in [9.17, 15) is 13.2 Å². The van der Waals surface area contributed by atoms with Gasteiger partial charge in [-0.3, -0.25) is 9.78 Å². The molecule has 148 valence electrons. The Morgan fingerprint density at radius 3 is 2.52 bits per heavy atom. The smallest absolute Gasteiger partial charge is 0.250 e. The zero-order chi connectivity index (χ0) is 20.0. The molecule has 29 heavy (non-hydrogen) atoms. The summed E-state index contributed by atoms with van der Waals surface area (Å²) in [5, 5.41) is 0. The number of piperidine rings is 1. The minimum atomic E-state index is -3.56. The van der Waals surface area contributed by atoms with Crippen molar-refractivity contribution >= 4 is 10.0 Å². The van der Waals surface area contributed by atoms with Crippen LogP contribution in [-0.4, -0.2) is 35.4 Å². The van der Waals surface area contributed by atoms with Gasteiger partial charge < -0.3 is 4.57 Å². The molecule has 0 saturated carbocycles. The van der Waals surface area contributed by atoms with Gasteiger partial charge in [-0.2, -0.15) is 4.31 Å². The standard InChI is InChI=1S/C22H21N3O3S/c26-21-9-8-20(17-5-4-10-23-12-17)22-18-11-16(14-25(21)22)13-24(15-18)29(27,28)19-6-2-1-3-7-19/h1-10,12,16,18H,11,13-15H2/t16-,18+/m0/s1. The molecule has 3 aromatic rings. The van der Waals surface area contributed by atoms with E-state index in [1.54, 1.807) is 47.0 Å². The van der Waals surface area contributed by atoms with Crippen LogP contribution < -0.4 is 5.56 Å². The quantitative estimate of drug-likeness (QED) is 0.669. The first-order chi connectivity index (χ1) is 14.0. The van der Waals surface area contributed by atoms with Gasteiger partial charge in [0.05, 0.1) is 4.90 Å². The van der Waals surface area contributed by atoms with Gasteiger partial charge in [0.25, 0.3) is 5.56 Å². The number of sulfonamides is 1. The Kier molecular flexibility index (Phi) is 4.37. The van der Waals surface area contributed by atoms with Gasteiger partial charge in [-0.25, -0.2) is 8.42 Å². The van der Waals surface area contributed by atoms with Gasteiger partial charge in [0.1, 0.15) is 0 Å². The van der Waals surface area contributed by atoms with E-state index in [1.165, 1.54) is 0 Å². The van der Waals surface area contributed by atoms with E-state index < -0.39 is 10.0 Å². The highest BCUT2D eigenvalue weighted by Crippen LogP contribution is 2.41. The Morgan fingerprint density at radius 2 is 1.76 bits per heavy atom. The van der Waals surface area contributed by atoms with Crippen molar-refractivity contribution in [1.82, 2.24) is 13.9 Å². The topological polar surface area (TPSA) is 72.3 Å². The van der Waals surface area contributed by atoms with E-state index in [2.05, 4.69) is 4.98 Å². The second kappa shape index (κ2) is 6.93. The van der Waals surface area contributed by atoms with E-state index in [4.69, 9.17) is 0 Å². The van der Waals surface area contributed by atoms with E-state index in [0.717, 1.165) is 23.2 Å². The molecule has 5 rings (SSSR count). The van der Waals surface area contributed by atoms with E-state index in [-0.39, 0.29) is 17.4 Å². The van der Waals surface area contributed by atoms with Gasteiger partial charge in [-0.05, 0) is 36.6 Å². The molecule has 7 heteroatoms. The zero-order valence-electron chi connectivity index (χ0n) is 15.8. The molecule has 2 atom stereocenters. The van der Waals surface area contributed by atoms with Crippen LogP contribution in [0.25, 0.3) is 11.1 Å². The minimum absolute atomic E-state index is 0.0231. The number of hydrogen-bond donors (Lipinski definition) is 0. The number of fused-ring (bicyclic) bond motifs is 4. The van der Waals surface area contributed by atoms with Crippen LogP contribution in [0.15, 0.2) is 76.7 Å². The lowest BCUT2D eigenvalue weighted by atomic mass is 9.81. The molecule has 2 aromatic heterocycles. The van der Waals surface area contributed by atoms with Crippen molar-refractivity contribution in [2.24, 2.45) is 5.92 Å². The summed E-state index contributed by atoms with van der Waals surface area (Å²) in [5.41, 5.74) is 2.80. The van der Waals surface area contributed by atoms with E-state index in [1.807, 2.05) is 28.8 Å². The van der Waals surface area contributed by atoms with Crippen molar-refractivity contribution in [2.75, 3.05) is 13.1 Å². The Labute approximate surface area is 169 Å². The number of hydrogen-bond acceptors (Lipinski definition) is 4. The van der Waals surface area contributed by atoms with Gasteiger partial charge in [0.2, 0.25) is 10.0 Å². The predicted molar refractivity (Wildman–Crippen MR) is 110 cm³/mol. The molecule has 0 N–H and O–H groups in total. The van der Waals surface area contributed by atoms with Crippen molar-refractivity contribution in [1.29, 1.82) is 0 Å². The number of benzene rings is 1. The van der Waals surface area contributed by atoms with Crippen LogP contribution >= 0.6 is 0 Å². The largest absolute Gasteiger partial charge is 0.311 e. The first-order valence-electron chi connectivity index (χ1n) is 9.73. The van der Waals surface area contributed by atoms with Crippen molar-refractivity contribution in [2.45, 2.75) is 23.8 Å². The third kappa shape index (κ3) is 3.10. The Balaban J connectivity index is 1.59. The van der Waals surface area contributed by atoms with E-state index in [0.29, 0.717) is 24.5 Å². The highest BCUT2D eigenvalue weighted by molar-refractivity contribution is 7.89. The number of aromatic nitrogens is 2. The minimum Gasteiger partial charge on any atom is -0.311 e. The van der Waals surface area contributed by atoms with Crippen LogP contribution in [0.1, 0.15) is 18.0 Å². The fourth-order valence-electron chi connectivity index (χ4n) is 4.68. The monoisotopic (exact) mass is 407 g/mol. The average molecular weight is 407 g/mol. The third-order valence-corrected chi connectivity index (χ3v) is 7.76. The van der Waals surface area contributed by atoms with Crippen LogP contribution in [0, 0.1) is 5.92 Å². The first-order valence-corrected chi connectivity index (χ1v) is 11.2. The number of pyridine rings is 2. The molecule has 6 nitrogen and oxygen atoms in total. The molecular formula is C22H21N3O3S. The van der Waals surface area contributed by atoms with Gasteiger partial charge in [0, 0.05) is 60.8 Å². The Hall–Kier alpha value is -2.77. The molecule has 2 bridgehead atoms. The lowest BCUT2D eigenvalue weighted by Gasteiger charge is -2.42. The van der Waals surface area contributed by atoms with Crippen molar-refractivity contribution in [3.05, 3.63) is 83.0 Å². The maximum Gasteiger partial charge on any atom is 0.250 e. The van der Waals surface area contributed by atoms with Crippen molar-refractivity contribution in [3.63, 3.8) is 0 Å². The summed E-state index contributed by atoms with van der Waals surface area (Å²) in [6.45, 7) is 1.36. The Bertz CT molecular complexity index is 1210. The van der Waals surface area contributed by atoms with Crippen LogP contribution in [0.4, 0.5) is 0 Å². The maximum atomic E-state index is 13.2. The van der Waals surface area contributed by atoms with Gasteiger partial charge in [-0.1, -0.05) is 24.3 Å². The molecule has 4 heterocycles. The second-order valence-corrected chi connectivity index (χ2v) is 9.69. The highest BCUT2D eigenvalue weighted by atomic mass is 32.2. The fraction of sp³-hybridized carbons (Fsp3) is 0.273. The number of rotatable bonds is 3. The first kappa shape index (κ1) is 18.3. The van der Waals surface area contributed by atoms with Gasteiger partial charge in [0.15, 0.2) is 0 Å². The third-order valence-electron chi connectivity index (χ3n) is 5.91. The zero-order valence-corrected chi connectivity index (χ0v) is 16.6. The van der Waals surface area contributed by atoms with Crippen LogP contribution in [0.2, 0.25) is 0 Å². The maximum absolute atomic E-state index is 13.2. The lowest BCUT2D eigenvalue weighted by molar-refractivity contribution is 0.187. The average Bonchev–Trinajstić information content (AvgIpc) is 2.75. The lowest BCUT2D eigenvalue weighted by Crippen LogP contribution is -2.49.